The number of methoxy groups -OCH3 is 1. The fourth-order valence-corrected chi connectivity index (χ4v) is 5.56. The molecule has 8 heteroatoms. The van der Waals surface area contributed by atoms with Crippen molar-refractivity contribution in [3.05, 3.63) is 130 Å². The van der Waals surface area contributed by atoms with Gasteiger partial charge in [-0.1, -0.05) is 68.4 Å². The Balaban J connectivity index is 1.47. The summed E-state index contributed by atoms with van der Waals surface area (Å²) in [6.07, 6.45) is 1.56. The molecule has 1 amide bonds. The third kappa shape index (κ3) is 11.0. The molecule has 0 fully saturated rings. The molecule has 0 unspecified atom stereocenters. The third-order valence-corrected chi connectivity index (χ3v) is 8.02. The summed E-state index contributed by atoms with van der Waals surface area (Å²) in [7, 11) is 1.64. The number of aryl methyl sites for hydroxylation is 1. The van der Waals surface area contributed by atoms with Crippen LogP contribution in [0.2, 0.25) is 0 Å². The van der Waals surface area contributed by atoms with Crippen molar-refractivity contribution in [1.82, 2.24) is 10.2 Å². The zero-order valence-electron chi connectivity index (χ0n) is 28.6. The Bertz CT molecular complexity index is 1590. The van der Waals surface area contributed by atoms with Gasteiger partial charge in [-0.15, -0.1) is 0 Å². The smallest absolute Gasteiger partial charge is 0.338 e. The minimum atomic E-state index is -0.645. The van der Waals surface area contributed by atoms with Crippen LogP contribution in [0.15, 0.2) is 97.1 Å². The van der Waals surface area contributed by atoms with Gasteiger partial charge in [0, 0.05) is 37.8 Å². The van der Waals surface area contributed by atoms with Crippen LogP contribution in [0, 0.1) is 6.92 Å². The van der Waals surface area contributed by atoms with Gasteiger partial charge in [0.25, 0.3) is 5.91 Å². The van der Waals surface area contributed by atoms with E-state index in [0.29, 0.717) is 50.3 Å². The summed E-state index contributed by atoms with van der Waals surface area (Å²) in [5, 5.41) is 3.41. The number of carbonyl (C=O) groups excluding carboxylic acids is 2. The van der Waals surface area contributed by atoms with E-state index in [1.165, 1.54) is 0 Å². The summed E-state index contributed by atoms with van der Waals surface area (Å²) < 4.78 is 17.4. The fourth-order valence-electron chi connectivity index (χ4n) is 5.56. The quantitative estimate of drug-likeness (QED) is 0.115. The first-order valence-corrected chi connectivity index (χ1v) is 16.8. The summed E-state index contributed by atoms with van der Waals surface area (Å²) in [5.41, 5.74) is 11.5. The van der Waals surface area contributed by atoms with Crippen molar-refractivity contribution >= 4 is 11.9 Å². The van der Waals surface area contributed by atoms with Gasteiger partial charge in [-0.25, -0.2) is 4.79 Å². The van der Waals surface area contributed by atoms with Crippen molar-refractivity contribution in [1.29, 1.82) is 0 Å². The molecule has 3 N–H and O–H groups in total. The molecule has 0 saturated carbocycles. The number of ether oxygens (including phenoxy) is 3. The van der Waals surface area contributed by atoms with Gasteiger partial charge in [-0.2, -0.15) is 0 Å². The first-order valence-electron chi connectivity index (χ1n) is 16.8. The van der Waals surface area contributed by atoms with E-state index in [-0.39, 0.29) is 5.91 Å². The minimum Gasteiger partial charge on any atom is -0.497 e. The number of benzene rings is 4. The lowest BCUT2D eigenvalue weighted by Crippen LogP contribution is -2.46. The fraction of sp³-hybridized carbons (Fsp3) is 0.350. The van der Waals surface area contributed by atoms with Gasteiger partial charge in [0.05, 0.1) is 12.7 Å². The second kappa shape index (κ2) is 18.6. The van der Waals surface area contributed by atoms with E-state index >= 15 is 0 Å². The van der Waals surface area contributed by atoms with Crippen LogP contribution in [0.3, 0.4) is 0 Å². The minimum absolute atomic E-state index is 0.0825. The van der Waals surface area contributed by atoms with Crippen molar-refractivity contribution in [3.8, 4) is 11.5 Å². The summed E-state index contributed by atoms with van der Waals surface area (Å²) in [6, 6.07) is 30.4. The number of amides is 1. The average Bonchev–Trinajstić information content (AvgIpc) is 3.10. The highest BCUT2D eigenvalue weighted by molar-refractivity contribution is 5.98. The molecule has 0 radical (unpaired) electrons. The molecule has 254 valence electrons. The molecule has 0 aliphatic rings. The van der Waals surface area contributed by atoms with Crippen LogP contribution >= 0.6 is 0 Å². The van der Waals surface area contributed by atoms with Crippen LogP contribution in [0.1, 0.15) is 69.7 Å². The molecule has 0 bridgehead atoms. The number of esters is 1. The maximum Gasteiger partial charge on any atom is 0.338 e. The predicted molar refractivity (Wildman–Crippen MR) is 190 cm³/mol. The van der Waals surface area contributed by atoms with Gasteiger partial charge in [-0.3, -0.25) is 4.79 Å². The first-order chi connectivity index (χ1) is 23.3. The van der Waals surface area contributed by atoms with E-state index in [2.05, 4.69) is 19.2 Å². The average molecular weight is 652 g/mol. The van der Waals surface area contributed by atoms with E-state index in [4.69, 9.17) is 19.9 Å². The molecular formula is C40H49N3O5. The largest absolute Gasteiger partial charge is 0.497 e. The van der Waals surface area contributed by atoms with E-state index in [1.807, 2.05) is 96.8 Å². The standard InChI is InChI=1S/C40H49N3O5/c1-5-19-43(20-6-2)39(44)33-21-29(3)22-34(25-33)40(45)48-38(27-42-26-32-13-10-14-36(23-32)46-4)37(41)24-30-15-17-35(18-16-30)47-28-31-11-8-7-9-12-31/h7-18,21-23,25,37-38,42H,5-6,19-20,24,26-28,41H2,1-4H3/t37-,38+/m0/s1. The Labute approximate surface area is 285 Å². The lowest BCUT2D eigenvalue weighted by molar-refractivity contribution is 0.0238. The maximum atomic E-state index is 13.6. The molecule has 0 aliphatic heterocycles. The summed E-state index contributed by atoms with van der Waals surface area (Å²) in [5.74, 6) is 0.936. The molecule has 0 aliphatic carbocycles. The van der Waals surface area contributed by atoms with Gasteiger partial charge in [0.15, 0.2) is 0 Å². The molecule has 8 nitrogen and oxygen atoms in total. The van der Waals surface area contributed by atoms with Gasteiger partial charge in [-0.05, 0) is 90.9 Å². The second-order valence-electron chi connectivity index (χ2n) is 12.1. The highest BCUT2D eigenvalue weighted by atomic mass is 16.5. The van der Waals surface area contributed by atoms with Crippen LogP contribution in [0.25, 0.3) is 0 Å². The van der Waals surface area contributed by atoms with Gasteiger partial charge in [0.1, 0.15) is 24.2 Å². The second-order valence-corrected chi connectivity index (χ2v) is 12.1. The van der Waals surface area contributed by atoms with Gasteiger partial charge < -0.3 is 30.2 Å². The SMILES string of the molecule is CCCN(CCC)C(=O)c1cc(C)cc(C(=O)O[C@H](CNCc2cccc(OC)c2)[C@@H](N)Cc2ccc(OCc3ccccc3)cc2)c1. The lowest BCUT2D eigenvalue weighted by atomic mass is 10.0. The summed E-state index contributed by atoms with van der Waals surface area (Å²) >= 11 is 0. The van der Waals surface area contributed by atoms with Gasteiger partial charge in [0.2, 0.25) is 0 Å². The van der Waals surface area contributed by atoms with Crippen molar-refractivity contribution in [2.45, 2.75) is 65.3 Å². The molecule has 48 heavy (non-hydrogen) atoms. The van der Waals surface area contributed by atoms with Crippen molar-refractivity contribution in [3.63, 3.8) is 0 Å². The van der Waals surface area contributed by atoms with Crippen LogP contribution in [0.5, 0.6) is 11.5 Å². The van der Waals surface area contributed by atoms with E-state index in [1.54, 1.807) is 19.2 Å². The van der Waals surface area contributed by atoms with Crippen LogP contribution < -0.4 is 20.5 Å². The Morgan fingerprint density at radius 2 is 1.48 bits per heavy atom. The van der Waals surface area contributed by atoms with Crippen LogP contribution in [-0.4, -0.2) is 55.7 Å². The number of nitrogens with zero attached hydrogens (tertiary/aromatic N) is 1. The van der Waals surface area contributed by atoms with E-state index < -0.39 is 18.1 Å². The Kier molecular flexibility index (Phi) is 14.0. The van der Waals surface area contributed by atoms with E-state index in [0.717, 1.165) is 46.6 Å². The lowest BCUT2D eigenvalue weighted by Gasteiger charge is -2.25. The highest BCUT2D eigenvalue weighted by Gasteiger charge is 2.25. The van der Waals surface area contributed by atoms with Gasteiger partial charge >= 0.3 is 5.97 Å². The number of hydrogen-bond acceptors (Lipinski definition) is 7. The number of rotatable bonds is 18. The van der Waals surface area contributed by atoms with Crippen LogP contribution in [-0.2, 0) is 24.3 Å². The molecule has 0 aromatic heterocycles. The molecule has 2 atom stereocenters. The summed E-state index contributed by atoms with van der Waals surface area (Å²) in [6.45, 7) is 8.67. The molecule has 4 aromatic carbocycles. The van der Waals surface area contributed by atoms with Crippen molar-refractivity contribution in [2.75, 3.05) is 26.7 Å². The zero-order valence-corrected chi connectivity index (χ0v) is 28.6. The molecule has 4 rings (SSSR count). The maximum absolute atomic E-state index is 13.6. The Morgan fingerprint density at radius 3 is 2.17 bits per heavy atom. The Hall–Kier alpha value is -4.66. The zero-order chi connectivity index (χ0) is 34.3. The van der Waals surface area contributed by atoms with Crippen LogP contribution in [0.4, 0.5) is 0 Å². The Morgan fingerprint density at radius 1 is 0.792 bits per heavy atom. The number of nitrogens with one attached hydrogen (secondary N) is 1. The molecule has 0 spiro atoms. The number of nitrogens with two attached hydrogens (primary N) is 1. The van der Waals surface area contributed by atoms with Crippen molar-refractivity contribution in [2.24, 2.45) is 5.73 Å². The molecule has 0 heterocycles. The molecular weight excluding hydrogens is 602 g/mol. The molecule has 0 saturated heterocycles. The number of hydrogen-bond donors (Lipinski definition) is 2. The van der Waals surface area contributed by atoms with E-state index in [9.17, 15) is 9.59 Å². The predicted octanol–water partition coefficient (Wildman–Crippen LogP) is 6.73. The highest BCUT2D eigenvalue weighted by Crippen LogP contribution is 2.19. The summed E-state index contributed by atoms with van der Waals surface area (Å²) in [4.78, 5) is 28.9. The topological polar surface area (TPSA) is 103 Å². The van der Waals surface area contributed by atoms with Crippen molar-refractivity contribution < 1.29 is 23.8 Å². The normalized spacial score (nSPS) is 12.2. The molecule has 4 aromatic rings. The third-order valence-electron chi connectivity index (χ3n) is 8.02. The first kappa shape index (κ1) is 36.2. The monoisotopic (exact) mass is 651 g/mol. The number of carbonyl (C=O) groups is 2.